The number of rotatable bonds is 3. The molecule has 1 aliphatic heterocycles. The third-order valence-electron chi connectivity index (χ3n) is 6.06. The number of benzene rings is 2. The summed E-state index contributed by atoms with van der Waals surface area (Å²) in [5.41, 5.74) is 3.78. The van der Waals surface area contributed by atoms with E-state index in [2.05, 4.69) is 5.32 Å². The summed E-state index contributed by atoms with van der Waals surface area (Å²) in [6.07, 6.45) is 3.54. The third kappa shape index (κ3) is 3.11. The van der Waals surface area contributed by atoms with E-state index in [4.69, 9.17) is 0 Å². The van der Waals surface area contributed by atoms with Gasteiger partial charge in [-0.3, -0.25) is 19.3 Å². The van der Waals surface area contributed by atoms with Gasteiger partial charge in [-0.2, -0.15) is 0 Å². The maximum Gasteiger partial charge on any atom is 0.255 e. The smallest absolute Gasteiger partial charge is 0.255 e. The monoisotopic (exact) mass is 376 g/mol. The van der Waals surface area contributed by atoms with Gasteiger partial charge in [-0.05, 0) is 62.1 Å². The maximum atomic E-state index is 12.8. The summed E-state index contributed by atoms with van der Waals surface area (Å²) in [5, 5.41) is 2.93. The lowest BCUT2D eigenvalue weighted by Crippen LogP contribution is -2.31. The fourth-order valence-corrected chi connectivity index (χ4v) is 4.28. The lowest BCUT2D eigenvalue weighted by Gasteiger charge is -2.19. The van der Waals surface area contributed by atoms with Crippen molar-refractivity contribution in [3.05, 3.63) is 59.2 Å². The number of carbonyl (C=O) groups is 3. The second-order valence-corrected chi connectivity index (χ2v) is 7.76. The van der Waals surface area contributed by atoms with Crippen LogP contribution in [0, 0.1) is 25.7 Å². The number of hydrogen-bond acceptors (Lipinski definition) is 3. The van der Waals surface area contributed by atoms with Gasteiger partial charge in [0.05, 0.1) is 17.5 Å². The van der Waals surface area contributed by atoms with Gasteiger partial charge in [-0.1, -0.05) is 31.0 Å². The largest absolute Gasteiger partial charge is 0.322 e. The Hall–Kier alpha value is -2.95. The molecule has 4 rings (SSSR count). The normalized spacial score (nSPS) is 21.6. The molecular formula is C23H24N2O3. The zero-order valence-electron chi connectivity index (χ0n) is 16.2. The van der Waals surface area contributed by atoms with Gasteiger partial charge in [0.15, 0.2) is 0 Å². The van der Waals surface area contributed by atoms with Crippen molar-refractivity contribution in [3.8, 4) is 0 Å². The van der Waals surface area contributed by atoms with Crippen molar-refractivity contribution in [2.45, 2.75) is 39.5 Å². The molecular weight excluding hydrogens is 352 g/mol. The van der Waals surface area contributed by atoms with E-state index >= 15 is 0 Å². The van der Waals surface area contributed by atoms with E-state index in [-0.39, 0.29) is 29.6 Å². The topological polar surface area (TPSA) is 66.5 Å². The molecule has 2 fully saturated rings. The van der Waals surface area contributed by atoms with E-state index in [0.717, 1.165) is 42.5 Å². The molecule has 144 valence electrons. The number of aryl methyl sites for hydroxylation is 1. The molecule has 1 aliphatic carbocycles. The van der Waals surface area contributed by atoms with Crippen molar-refractivity contribution in [2.75, 3.05) is 10.2 Å². The molecule has 5 heteroatoms. The lowest BCUT2D eigenvalue weighted by molar-refractivity contribution is -0.122. The summed E-state index contributed by atoms with van der Waals surface area (Å²) in [4.78, 5) is 39.7. The molecule has 0 spiro atoms. The average molecular weight is 376 g/mol. The molecule has 0 unspecified atom stereocenters. The van der Waals surface area contributed by atoms with Gasteiger partial charge in [0, 0.05) is 11.3 Å². The summed E-state index contributed by atoms with van der Waals surface area (Å²) in [6.45, 7) is 3.96. The molecule has 28 heavy (non-hydrogen) atoms. The van der Waals surface area contributed by atoms with Crippen LogP contribution in [0.2, 0.25) is 0 Å². The van der Waals surface area contributed by atoms with Crippen LogP contribution in [0.1, 0.15) is 47.2 Å². The highest BCUT2D eigenvalue weighted by Gasteiger charge is 2.48. The fourth-order valence-electron chi connectivity index (χ4n) is 4.28. The minimum atomic E-state index is -0.257. The summed E-state index contributed by atoms with van der Waals surface area (Å²) < 4.78 is 0. The van der Waals surface area contributed by atoms with Crippen LogP contribution >= 0.6 is 0 Å². The van der Waals surface area contributed by atoms with Crippen LogP contribution in [0.15, 0.2) is 42.5 Å². The predicted molar refractivity (Wildman–Crippen MR) is 108 cm³/mol. The van der Waals surface area contributed by atoms with Crippen molar-refractivity contribution in [2.24, 2.45) is 11.8 Å². The van der Waals surface area contributed by atoms with E-state index in [1.54, 1.807) is 24.3 Å². The number of nitrogens with zero attached hydrogens (tertiary/aromatic N) is 1. The first-order valence-corrected chi connectivity index (χ1v) is 9.83. The van der Waals surface area contributed by atoms with E-state index in [9.17, 15) is 14.4 Å². The van der Waals surface area contributed by atoms with E-state index in [0.29, 0.717) is 11.3 Å². The minimum Gasteiger partial charge on any atom is -0.322 e. The molecule has 2 aromatic rings. The Bertz CT molecular complexity index is 942. The first kappa shape index (κ1) is 18.4. The van der Waals surface area contributed by atoms with Crippen molar-refractivity contribution in [1.82, 2.24) is 0 Å². The molecule has 1 saturated heterocycles. The van der Waals surface area contributed by atoms with Crippen molar-refractivity contribution >= 4 is 29.1 Å². The van der Waals surface area contributed by atoms with Gasteiger partial charge < -0.3 is 5.32 Å². The second-order valence-electron chi connectivity index (χ2n) is 7.76. The minimum absolute atomic E-state index is 0.123. The molecule has 2 aliphatic rings. The number of carbonyl (C=O) groups excluding carboxylic acids is 3. The highest BCUT2D eigenvalue weighted by atomic mass is 16.2. The SMILES string of the molecule is Cc1cccc(NC(=O)c2cccc(N3C(=O)[C@H]4CCCC[C@@H]4C3=O)c2)c1C. The Morgan fingerprint density at radius 3 is 2.29 bits per heavy atom. The van der Waals surface area contributed by atoms with Gasteiger partial charge in [0.25, 0.3) is 5.91 Å². The molecule has 0 bridgehead atoms. The average Bonchev–Trinajstić information content (AvgIpc) is 2.96. The second kappa shape index (κ2) is 7.23. The molecule has 1 heterocycles. The van der Waals surface area contributed by atoms with Crippen molar-refractivity contribution in [1.29, 1.82) is 0 Å². The standard InChI is InChI=1S/C23H24N2O3/c1-14-7-5-12-20(15(14)2)24-21(26)16-8-6-9-17(13-16)25-22(27)18-10-3-4-11-19(18)23(25)28/h5-9,12-13,18-19H,3-4,10-11H2,1-2H3,(H,24,26)/t18-,19-/m0/s1. The third-order valence-corrected chi connectivity index (χ3v) is 6.06. The zero-order valence-corrected chi connectivity index (χ0v) is 16.2. The lowest BCUT2D eigenvalue weighted by atomic mass is 9.81. The van der Waals surface area contributed by atoms with Gasteiger partial charge in [0.1, 0.15) is 0 Å². The molecule has 3 amide bonds. The summed E-state index contributed by atoms with van der Waals surface area (Å²) in [6, 6.07) is 12.5. The van der Waals surface area contributed by atoms with E-state index in [1.807, 2.05) is 32.0 Å². The highest BCUT2D eigenvalue weighted by molar-refractivity contribution is 6.22. The number of fused-ring (bicyclic) bond motifs is 1. The number of hydrogen-bond donors (Lipinski definition) is 1. The molecule has 1 saturated carbocycles. The van der Waals surface area contributed by atoms with Crippen LogP contribution < -0.4 is 10.2 Å². The van der Waals surface area contributed by atoms with Gasteiger partial charge in [-0.25, -0.2) is 0 Å². The molecule has 0 radical (unpaired) electrons. The van der Waals surface area contributed by atoms with Gasteiger partial charge in [0.2, 0.25) is 11.8 Å². The first-order chi connectivity index (χ1) is 13.5. The quantitative estimate of drug-likeness (QED) is 0.815. The predicted octanol–water partition coefficient (Wildman–Crippen LogP) is 4.24. The molecule has 5 nitrogen and oxygen atoms in total. The Morgan fingerprint density at radius 2 is 1.61 bits per heavy atom. The number of nitrogens with one attached hydrogen (secondary N) is 1. The highest BCUT2D eigenvalue weighted by Crippen LogP contribution is 2.40. The Kier molecular flexibility index (Phi) is 4.75. The summed E-state index contributed by atoms with van der Waals surface area (Å²) >= 11 is 0. The summed E-state index contributed by atoms with van der Waals surface area (Å²) in [5.74, 6) is -0.905. The number of imide groups is 1. The van der Waals surface area contributed by atoms with Gasteiger partial charge >= 0.3 is 0 Å². The van der Waals surface area contributed by atoms with Crippen LogP contribution in [-0.4, -0.2) is 17.7 Å². The molecule has 0 aromatic heterocycles. The Balaban J connectivity index is 1.59. The Morgan fingerprint density at radius 1 is 0.964 bits per heavy atom. The fraction of sp³-hybridized carbons (Fsp3) is 0.348. The molecule has 1 N–H and O–H groups in total. The van der Waals surface area contributed by atoms with Crippen LogP contribution in [0.4, 0.5) is 11.4 Å². The Labute approximate surface area is 164 Å². The van der Waals surface area contributed by atoms with Crippen LogP contribution in [0.3, 0.4) is 0 Å². The first-order valence-electron chi connectivity index (χ1n) is 9.83. The summed E-state index contributed by atoms with van der Waals surface area (Å²) in [7, 11) is 0. The van der Waals surface area contributed by atoms with Gasteiger partial charge in [-0.15, -0.1) is 0 Å². The maximum absolute atomic E-state index is 12.8. The molecule has 2 atom stereocenters. The zero-order chi connectivity index (χ0) is 19.8. The van der Waals surface area contributed by atoms with Crippen LogP contribution in [0.25, 0.3) is 0 Å². The molecule has 2 aromatic carbocycles. The van der Waals surface area contributed by atoms with E-state index in [1.165, 1.54) is 4.90 Å². The van der Waals surface area contributed by atoms with Crippen molar-refractivity contribution < 1.29 is 14.4 Å². The van der Waals surface area contributed by atoms with Crippen LogP contribution in [-0.2, 0) is 9.59 Å². The van der Waals surface area contributed by atoms with Crippen LogP contribution in [0.5, 0.6) is 0 Å². The number of amides is 3. The number of anilines is 2. The van der Waals surface area contributed by atoms with Crippen molar-refractivity contribution in [3.63, 3.8) is 0 Å². The van der Waals surface area contributed by atoms with E-state index < -0.39 is 0 Å².